The minimum absolute atomic E-state index is 0.134. The van der Waals surface area contributed by atoms with Crippen LogP contribution in [0, 0.1) is 5.82 Å². The first-order valence-corrected chi connectivity index (χ1v) is 9.84. The molecule has 1 N–H and O–H groups in total. The van der Waals surface area contributed by atoms with E-state index in [4.69, 9.17) is 4.74 Å². The third-order valence-corrected chi connectivity index (χ3v) is 5.11. The Kier molecular flexibility index (Phi) is 5.77. The predicted molar refractivity (Wildman–Crippen MR) is 114 cm³/mol. The number of hydrogen-bond donors (Lipinski definition) is 1. The molecule has 0 saturated carbocycles. The third kappa shape index (κ3) is 4.46. The van der Waals surface area contributed by atoms with Crippen molar-refractivity contribution in [3.05, 3.63) is 70.5 Å². The van der Waals surface area contributed by atoms with Gasteiger partial charge in [-0.2, -0.15) is 0 Å². The Labute approximate surface area is 178 Å². The Morgan fingerprint density at radius 1 is 1.26 bits per heavy atom. The van der Waals surface area contributed by atoms with Crippen LogP contribution < -0.4 is 15.8 Å². The van der Waals surface area contributed by atoms with Crippen LogP contribution in [0.4, 0.5) is 16.0 Å². The van der Waals surface area contributed by atoms with E-state index < -0.39 is 5.82 Å². The first-order valence-electron chi connectivity index (χ1n) is 9.84. The zero-order chi connectivity index (χ0) is 22.0. The van der Waals surface area contributed by atoms with Crippen LogP contribution in [0.25, 0.3) is 11.3 Å². The van der Waals surface area contributed by atoms with Crippen molar-refractivity contribution < 1.29 is 13.9 Å². The number of carbonyl (C=O) groups excluding carboxylic acids is 1. The van der Waals surface area contributed by atoms with Crippen molar-refractivity contribution in [2.45, 2.75) is 13.0 Å². The second-order valence-electron chi connectivity index (χ2n) is 7.30. The van der Waals surface area contributed by atoms with Crippen LogP contribution >= 0.6 is 0 Å². The van der Waals surface area contributed by atoms with Crippen molar-refractivity contribution in [2.75, 3.05) is 29.9 Å². The van der Waals surface area contributed by atoms with Gasteiger partial charge in [-0.1, -0.05) is 12.1 Å². The first-order chi connectivity index (χ1) is 14.9. The summed E-state index contributed by atoms with van der Waals surface area (Å²) in [4.78, 5) is 34.1. The average Bonchev–Trinajstić information content (AvgIpc) is 2.76. The highest BCUT2D eigenvalue weighted by atomic mass is 19.1. The van der Waals surface area contributed by atoms with Crippen LogP contribution in [0.1, 0.15) is 18.6 Å². The minimum Gasteiger partial charge on any atom is -0.370 e. The monoisotopic (exact) mass is 423 g/mol. The molecular formula is C22H22FN5O3. The molecule has 1 aliphatic rings. The number of hydrogen-bond acceptors (Lipinski definition) is 6. The number of rotatable bonds is 4. The van der Waals surface area contributed by atoms with Crippen LogP contribution in [0.3, 0.4) is 0 Å². The molecule has 160 valence electrons. The summed E-state index contributed by atoms with van der Waals surface area (Å²) in [5.41, 5.74) is 1.87. The summed E-state index contributed by atoms with van der Waals surface area (Å²) in [6, 6.07) is 10.3. The maximum atomic E-state index is 14.2. The molecule has 1 amide bonds. The largest absolute Gasteiger partial charge is 0.370 e. The number of benzene rings is 1. The van der Waals surface area contributed by atoms with E-state index in [0.717, 1.165) is 11.8 Å². The van der Waals surface area contributed by atoms with Crippen molar-refractivity contribution in [3.8, 4) is 11.3 Å². The van der Waals surface area contributed by atoms with E-state index in [9.17, 15) is 14.0 Å². The van der Waals surface area contributed by atoms with E-state index in [1.807, 2.05) is 29.2 Å². The summed E-state index contributed by atoms with van der Waals surface area (Å²) in [5.74, 6) is -0.222. The van der Waals surface area contributed by atoms with E-state index in [0.29, 0.717) is 31.3 Å². The Bertz CT molecular complexity index is 1160. The summed E-state index contributed by atoms with van der Waals surface area (Å²) < 4.78 is 21.6. The van der Waals surface area contributed by atoms with Crippen LogP contribution in [0.5, 0.6) is 0 Å². The lowest BCUT2D eigenvalue weighted by Gasteiger charge is -2.34. The summed E-state index contributed by atoms with van der Waals surface area (Å²) in [7, 11) is 1.64. The van der Waals surface area contributed by atoms with E-state index in [1.54, 1.807) is 7.05 Å². The van der Waals surface area contributed by atoms with Gasteiger partial charge in [0.2, 0.25) is 11.9 Å². The lowest BCUT2D eigenvalue weighted by atomic mass is 10.1. The van der Waals surface area contributed by atoms with Crippen LogP contribution in [-0.4, -0.2) is 40.1 Å². The Morgan fingerprint density at radius 3 is 2.74 bits per heavy atom. The Balaban J connectivity index is 1.62. The highest BCUT2D eigenvalue weighted by Crippen LogP contribution is 2.27. The molecule has 1 atom stereocenters. The fraction of sp³-hybridized carbons (Fsp3) is 0.273. The highest BCUT2D eigenvalue weighted by molar-refractivity contribution is 5.88. The fourth-order valence-corrected chi connectivity index (χ4v) is 3.55. The molecule has 0 unspecified atom stereocenters. The topological polar surface area (TPSA) is 89.4 Å². The maximum Gasteiger partial charge on any atom is 0.255 e. The van der Waals surface area contributed by atoms with Crippen LogP contribution in [-0.2, 0) is 16.6 Å². The lowest BCUT2D eigenvalue weighted by Crippen LogP contribution is -2.41. The quantitative estimate of drug-likeness (QED) is 0.694. The molecule has 0 bridgehead atoms. The van der Waals surface area contributed by atoms with Gasteiger partial charge < -0.3 is 15.0 Å². The van der Waals surface area contributed by atoms with Crippen LogP contribution in [0.2, 0.25) is 0 Å². The SMILES string of the molecule is CC(=O)Nc1ccc([C@H]2CN(c3nc(-c4ccncc4F)cc(=O)n3C)CCO2)cc1. The smallest absolute Gasteiger partial charge is 0.255 e. The summed E-state index contributed by atoms with van der Waals surface area (Å²) in [6.45, 7) is 2.92. The molecule has 1 aliphatic heterocycles. The Hall–Kier alpha value is -3.59. The molecule has 8 nitrogen and oxygen atoms in total. The summed E-state index contributed by atoms with van der Waals surface area (Å²) >= 11 is 0. The van der Waals surface area contributed by atoms with Gasteiger partial charge in [-0.3, -0.25) is 19.1 Å². The average molecular weight is 423 g/mol. The van der Waals surface area contributed by atoms with Gasteiger partial charge in [0, 0.05) is 44.0 Å². The zero-order valence-corrected chi connectivity index (χ0v) is 17.2. The molecule has 3 aromatic rings. The molecule has 2 aromatic heterocycles. The van der Waals surface area contributed by atoms with E-state index in [1.165, 1.54) is 29.8 Å². The van der Waals surface area contributed by atoms with Gasteiger partial charge in [-0.05, 0) is 23.8 Å². The number of ether oxygens (including phenoxy) is 1. The van der Waals surface area contributed by atoms with Crippen molar-refractivity contribution in [2.24, 2.45) is 7.05 Å². The van der Waals surface area contributed by atoms with Crippen molar-refractivity contribution in [1.29, 1.82) is 0 Å². The number of pyridine rings is 1. The third-order valence-electron chi connectivity index (χ3n) is 5.11. The highest BCUT2D eigenvalue weighted by Gasteiger charge is 2.25. The molecule has 4 rings (SSSR count). The minimum atomic E-state index is -0.534. The molecule has 9 heteroatoms. The van der Waals surface area contributed by atoms with Gasteiger partial charge in [0.25, 0.3) is 5.56 Å². The number of nitrogens with one attached hydrogen (secondary N) is 1. The maximum absolute atomic E-state index is 14.2. The molecular weight excluding hydrogens is 401 g/mol. The van der Waals surface area contributed by atoms with E-state index in [2.05, 4.69) is 15.3 Å². The number of halogens is 1. The summed E-state index contributed by atoms with van der Waals surface area (Å²) in [5, 5.41) is 2.74. The molecule has 0 radical (unpaired) electrons. The van der Waals surface area contributed by atoms with Gasteiger partial charge in [0.1, 0.15) is 6.10 Å². The number of carbonyl (C=O) groups is 1. The summed E-state index contributed by atoms with van der Waals surface area (Å²) in [6.07, 6.45) is 2.33. The second kappa shape index (κ2) is 8.65. The lowest BCUT2D eigenvalue weighted by molar-refractivity contribution is -0.114. The molecule has 0 spiro atoms. The van der Waals surface area contributed by atoms with Gasteiger partial charge in [-0.15, -0.1) is 0 Å². The molecule has 1 aromatic carbocycles. The predicted octanol–water partition coefficient (Wildman–Crippen LogP) is 2.52. The van der Waals surface area contributed by atoms with Crippen LogP contribution in [0.15, 0.2) is 53.6 Å². The number of nitrogens with zero attached hydrogens (tertiary/aromatic N) is 4. The number of aromatic nitrogens is 3. The van der Waals surface area contributed by atoms with E-state index in [-0.39, 0.29) is 28.8 Å². The fourth-order valence-electron chi connectivity index (χ4n) is 3.55. The first kappa shape index (κ1) is 20.7. The normalized spacial score (nSPS) is 16.2. The second-order valence-corrected chi connectivity index (χ2v) is 7.30. The molecule has 1 saturated heterocycles. The number of morpholine rings is 1. The molecule has 31 heavy (non-hydrogen) atoms. The molecule has 1 fully saturated rings. The molecule has 0 aliphatic carbocycles. The number of anilines is 2. The Morgan fingerprint density at radius 2 is 2.03 bits per heavy atom. The van der Waals surface area contributed by atoms with Gasteiger partial charge in [-0.25, -0.2) is 9.37 Å². The zero-order valence-electron chi connectivity index (χ0n) is 17.2. The van der Waals surface area contributed by atoms with Crippen molar-refractivity contribution >= 4 is 17.5 Å². The van der Waals surface area contributed by atoms with Crippen molar-refractivity contribution in [3.63, 3.8) is 0 Å². The van der Waals surface area contributed by atoms with Gasteiger partial charge in [0.15, 0.2) is 5.82 Å². The number of amides is 1. The van der Waals surface area contributed by atoms with E-state index >= 15 is 0 Å². The van der Waals surface area contributed by atoms with Crippen molar-refractivity contribution in [1.82, 2.24) is 14.5 Å². The molecule has 3 heterocycles. The standard InChI is InChI=1S/C22H22FN5O3/c1-14(29)25-16-5-3-15(4-6-16)20-13-28(9-10-31-20)22-26-19(11-21(30)27(22)2)17-7-8-24-12-18(17)23/h3-8,11-12,20H,9-10,13H2,1-2H3,(H,25,29)/t20-/m1/s1. The van der Waals surface area contributed by atoms with Gasteiger partial charge in [0.05, 0.1) is 25.0 Å². The van der Waals surface area contributed by atoms with Gasteiger partial charge >= 0.3 is 0 Å².